The second kappa shape index (κ2) is 11.1. The van der Waals surface area contributed by atoms with Crippen molar-refractivity contribution >= 4 is 28.7 Å². The number of hydrogen-bond acceptors (Lipinski definition) is 4. The number of aliphatic carboxylic acids is 1. The molecule has 158 valence electrons. The van der Waals surface area contributed by atoms with Crippen molar-refractivity contribution in [2.45, 2.75) is 57.3 Å². The molecular weight excluding hydrogens is 384 g/mol. The van der Waals surface area contributed by atoms with Gasteiger partial charge in [-0.05, 0) is 74.1 Å². The minimum absolute atomic E-state index is 0.245. The minimum atomic E-state index is -1.33. The molecule has 0 radical (unpaired) electrons. The van der Waals surface area contributed by atoms with E-state index in [9.17, 15) is 9.35 Å². The Morgan fingerprint density at radius 2 is 1.72 bits per heavy atom. The van der Waals surface area contributed by atoms with Gasteiger partial charge in [0, 0.05) is 26.2 Å². The van der Waals surface area contributed by atoms with Crippen LogP contribution < -0.4 is 9.62 Å². The van der Waals surface area contributed by atoms with Gasteiger partial charge in [0.05, 0.1) is 5.69 Å². The molecule has 6 heteroatoms. The standard InChI is InChI=1S/C23H32N2O3S/c1-17-14-20(25(3)4)15-18(2)23(17)24-29(28)21-12-9-11-19(16-21)10-7-5-6-8-13-22(26)27/h9,11-12,14-16,24H,5-8,10,13H2,1-4H3,(H,26,27). The Morgan fingerprint density at radius 1 is 1.07 bits per heavy atom. The fourth-order valence-electron chi connectivity index (χ4n) is 3.29. The molecule has 5 nitrogen and oxygen atoms in total. The van der Waals surface area contributed by atoms with E-state index in [2.05, 4.69) is 27.8 Å². The van der Waals surface area contributed by atoms with Crippen LogP contribution in [0.1, 0.15) is 48.8 Å². The summed E-state index contributed by atoms with van der Waals surface area (Å²) in [5.74, 6) is -0.727. The average molecular weight is 417 g/mol. The maximum Gasteiger partial charge on any atom is 0.303 e. The van der Waals surface area contributed by atoms with Crippen molar-refractivity contribution < 1.29 is 14.5 Å². The molecule has 0 bridgehead atoms. The lowest BCUT2D eigenvalue weighted by Gasteiger charge is -2.19. The van der Waals surface area contributed by atoms with Crippen LogP contribution in [-0.2, 0) is 22.6 Å². The molecule has 2 N–H and O–H groups in total. The molecule has 2 rings (SSSR count). The van der Waals surface area contributed by atoms with Gasteiger partial charge in [-0.15, -0.1) is 0 Å². The molecular formula is C23H32N2O3S. The summed E-state index contributed by atoms with van der Waals surface area (Å²) in [6, 6.07) is 12.1. The summed E-state index contributed by atoms with van der Waals surface area (Å²) in [5.41, 5.74) is 5.34. The Hall–Kier alpha value is -2.18. The molecule has 0 amide bonds. The van der Waals surface area contributed by atoms with Gasteiger partial charge in [0.2, 0.25) is 0 Å². The zero-order valence-corrected chi connectivity index (χ0v) is 18.6. The highest BCUT2D eigenvalue weighted by Gasteiger charge is 2.16. The lowest BCUT2D eigenvalue weighted by molar-refractivity contribution is -0.137. The molecule has 0 aliphatic carbocycles. The molecule has 2 aromatic carbocycles. The van der Waals surface area contributed by atoms with Crippen molar-refractivity contribution in [3.8, 4) is 0 Å². The Bertz CT molecular complexity index is 801. The predicted molar refractivity (Wildman–Crippen MR) is 121 cm³/mol. The summed E-state index contributed by atoms with van der Waals surface area (Å²) in [7, 11) is 4.02. The maximum absolute atomic E-state index is 12.9. The summed E-state index contributed by atoms with van der Waals surface area (Å²) < 4.78 is 16.1. The van der Waals surface area contributed by atoms with Gasteiger partial charge >= 0.3 is 5.97 Å². The Kier molecular flexibility index (Phi) is 8.86. The van der Waals surface area contributed by atoms with Crippen LogP contribution in [0.25, 0.3) is 0 Å². The number of aryl methyl sites for hydroxylation is 3. The van der Waals surface area contributed by atoms with Gasteiger partial charge in [0.1, 0.15) is 11.4 Å². The van der Waals surface area contributed by atoms with Crippen LogP contribution >= 0.6 is 0 Å². The van der Waals surface area contributed by atoms with Gasteiger partial charge < -0.3 is 14.6 Å². The molecule has 0 spiro atoms. The Balaban J connectivity index is 1.95. The highest BCUT2D eigenvalue weighted by Crippen LogP contribution is 2.28. The number of unbranched alkanes of at least 4 members (excludes halogenated alkanes) is 3. The third kappa shape index (κ3) is 7.29. The van der Waals surface area contributed by atoms with Crippen LogP contribution in [0.2, 0.25) is 0 Å². The number of benzene rings is 2. The van der Waals surface area contributed by atoms with E-state index < -0.39 is 17.3 Å². The first-order valence-electron chi connectivity index (χ1n) is 10.1. The SMILES string of the molecule is Cc1cc(N(C)C)cc(C)c1N[S+]([O-])c1cccc(CCCCCCC(=O)O)c1. The Labute approximate surface area is 177 Å². The lowest BCUT2D eigenvalue weighted by Crippen LogP contribution is -2.16. The maximum atomic E-state index is 12.9. The lowest BCUT2D eigenvalue weighted by atomic mass is 10.1. The fraction of sp³-hybridized carbons (Fsp3) is 0.435. The zero-order chi connectivity index (χ0) is 21.4. The molecule has 0 aliphatic rings. The smallest absolute Gasteiger partial charge is 0.303 e. The number of hydrogen-bond donors (Lipinski definition) is 2. The third-order valence-electron chi connectivity index (χ3n) is 4.95. The molecule has 0 aliphatic heterocycles. The van der Waals surface area contributed by atoms with Crippen molar-refractivity contribution in [2.24, 2.45) is 0 Å². The van der Waals surface area contributed by atoms with Crippen LogP contribution in [0.15, 0.2) is 41.3 Å². The van der Waals surface area contributed by atoms with Gasteiger partial charge in [-0.25, -0.2) is 4.72 Å². The molecule has 0 saturated heterocycles. The molecule has 2 aromatic rings. The van der Waals surface area contributed by atoms with Gasteiger partial charge in [0.15, 0.2) is 4.90 Å². The van der Waals surface area contributed by atoms with E-state index >= 15 is 0 Å². The number of nitrogens with one attached hydrogen (secondary N) is 1. The number of anilines is 2. The summed E-state index contributed by atoms with van der Waals surface area (Å²) in [6.45, 7) is 4.06. The monoisotopic (exact) mass is 416 g/mol. The average Bonchev–Trinajstić information content (AvgIpc) is 2.67. The molecule has 0 heterocycles. The second-order valence-corrected chi connectivity index (χ2v) is 8.89. The van der Waals surface area contributed by atoms with Gasteiger partial charge in [-0.3, -0.25) is 4.79 Å². The topological polar surface area (TPSA) is 75.6 Å². The number of rotatable bonds is 11. The van der Waals surface area contributed by atoms with Gasteiger partial charge in [0.25, 0.3) is 0 Å². The van der Waals surface area contributed by atoms with E-state index in [-0.39, 0.29) is 6.42 Å². The van der Waals surface area contributed by atoms with E-state index in [1.165, 1.54) is 0 Å². The van der Waals surface area contributed by atoms with Gasteiger partial charge in [-0.1, -0.05) is 25.0 Å². The van der Waals surface area contributed by atoms with Crippen molar-refractivity contribution in [1.29, 1.82) is 0 Å². The molecule has 0 saturated carbocycles. The van der Waals surface area contributed by atoms with Crippen LogP contribution in [0.4, 0.5) is 11.4 Å². The minimum Gasteiger partial charge on any atom is -0.588 e. The zero-order valence-electron chi connectivity index (χ0n) is 17.8. The van der Waals surface area contributed by atoms with E-state index in [1.54, 1.807) is 0 Å². The number of carboxylic acids is 1. The first kappa shape index (κ1) is 23.1. The van der Waals surface area contributed by atoms with Crippen LogP contribution in [-0.4, -0.2) is 29.7 Å². The molecule has 29 heavy (non-hydrogen) atoms. The summed E-state index contributed by atoms with van der Waals surface area (Å²) in [5, 5.41) is 8.67. The first-order valence-corrected chi connectivity index (χ1v) is 11.2. The molecule has 1 atom stereocenters. The number of carboxylic acid groups (broad SMARTS) is 1. The fourth-order valence-corrected chi connectivity index (χ4v) is 4.37. The normalized spacial score (nSPS) is 11.9. The molecule has 0 fully saturated rings. The highest BCUT2D eigenvalue weighted by atomic mass is 32.2. The van der Waals surface area contributed by atoms with E-state index in [1.807, 2.05) is 46.1 Å². The second-order valence-electron chi connectivity index (χ2n) is 7.68. The number of nitrogens with zero attached hydrogens (tertiary/aromatic N) is 1. The Morgan fingerprint density at radius 3 is 2.34 bits per heavy atom. The van der Waals surface area contributed by atoms with Gasteiger partial charge in [-0.2, -0.15) is 0 Å². The van der Waals surface area contributed by atoms with E-state index in [0.717, 1.165) is 65.1 Å². The third-order valence-corrected chi connectivity index (χ3v) is 6.02. The van der Waals surface area contributed by atoms with Crippen molar-refractivity contribution in [2.75, 3.05) is 23.7 Å². The molecule has 1 unspecified atom stereocenters. The summed E-state index contributed by atoms with van der Waals surface area (Å²) in [4.78, 5) is 13.4. The first-order chi connectivity index (χ1) is 13.8. The van der Waals surface area contributed by atoms with Crippen molar-refractivity contribution in [1.82, 2.24) is 0 Å². The van der Waals surface area contributed by atoms with Crippen molar-refractivity contribution in [3.05, 3.63) is 53.1 Å². The van der Waals surface area contributed by atoms with Crippen LogP contribution in [0.3, 0.4) is 0 Å². The quantitative estimate of drug-likeness (QED) is 0.394. The highest BCUT2D eigenvalue weighted by molar-refractivity contribution is 7.92. The van der Waals surface area contributed by atoms with E-state index in [0.29, 0.717) is 0 Å². The van der Waals surface area contributed by atoms with Crippen LogP contribution in [0, 0.1) is 13.8 Å². The van der Waals surface area contributed by atoms with Crippen LogP contribution in [0.5, 0.6) is 0 Å². The van der Waals surface area contributed by atoms with E-state index in [4.69, 9.17) is 5.11 Å². The summed E-state index contributed by atoms with van der Waals surface area (Å²) >= 11 is -1.33. The largest absolute Gasteiger partial charge is 0.588 e. The summed E-state index contributed by atoms with van der Waals surface area (Å²) in [6.07, 6.45) is 4.83. The predicted octanol–water partition coefficient (Wildman–Crippen LogP) is 5.08. The van der Waals surface area contributed by atoms with Crippen molar-refractivity contribution in [3.63, 3.8) is 0 Å². The number of carbonyl (C=O) groups is 1. The molecule has 0 aromatic heterocycles.